The Hall–Kier alpha value is -1.66. The Morgan fingerprint density at radius 3 is 2.73 bits per heavy atom. The molecule has 1 aromatic carbocycles. The number of aliphatic hydroxyl groups excluding tert-OH is 1. The maximum atomic E-state index is 14.4. The summed E-state index contributed by atoms with van der Waals surface area (Å²) < 4.78 is 14.4. The van der Waals surface area contributed by atoms with Crippen LogP contribution in [0.2, 0.25) is 0 Å². The summed E-state index contributed by atoms with van der Waals surface area (Å²) in [4.78, 5) is 8.90. The lowest BCUT2D eigenvalue weighted by atomic mass is 10.1. The third kappa shape index (κ3) is 3.23. The Morgan fingerprint density at radius 2 is 2.05 bits per heavy atom. The number of nitrogens with one attached hydrogen (secondary N) is 1. The van der Waals surface area contributed by atoms with Gasteiger partial charge in [0.15, 0.2) is 0 Å². The van der Waals surface area contributed by atoms with Crippen LogP contribution in [-0.2, 0) is 0 Å². The molecule has 1 fully saturated rings. The summed E-state index contributed by atoms with van der Waals surface area (Å²) in [6.07, 6.45) is 0.993. The van der Waals surface area contributed by atoms with E-state index in [0.29, 0.717) is 17.9 Å². The molecule has 3 rings (SSSR count). The average molecular weight is 306 g/mol. The largest absolute Gasteiger partial charge is 0.395 e. The third-order valence-electron chi connectivity index (χ3n) is 4.25. The molecule has 0 spiro atoms. The van der Waals surface area contributed by atoms with Crippen LogP contribution >= 0.6 is 0 Å². The number of piperazine rings is 1. The molecule has 6 heteroatoms. The molecule has 0 bridgehead atoms. The van der Waals surface area contributed by atoms with Gasteiger partial charge >= 0.3 is 0 Å². The van der Waals surface area contributed by atoms with Crippen LogP contribution in [0.25, 0.3) is 0 Å². The topological polar surface area (TPSA) is 51.1 Å². The molecule has 120 valence electrons. The predicted molar refractivity (Wildman–Crippen MR) is 86.2 cm³/mol. The van der Waals surface area contributed by atoms with E-state index in [1.165, 1.54) is 6.07 Å². The van der Waals surface area contributed by atoms with Crippen molar-refractivity contribution in [2.24, 2.45) is 4.99 Å². The molecule has 0 amide bonds. The highest BCUT2D eigenvalue weighted by Crippen LogP contribution is 2.25. The van der Waals surface area contributed by atoms with Crippen LogP contribution < -0.4 is 10.2 Å². The molecule has 0 unspecified atom stereocenters. The summed E-state index contributed by atoms with van der Waals surface area (Å²) in [5.41, 5.74) is 1.51. The van der Waals surface area contributed by atoms with Crippen LogP contribution in [0.4, 0.5) is 10.1 Å². The molecule has 0 aromatic heterocycles. The van der Waals surface area contributed by atoms with Crippen LogP contribution in [0.5, 0.6) is 0 Å². The van der Waals surface area contributed by atoms with Gasteiger partial charge in [0.1, 0.15) is 11.7 Å². The highest BCUT2D eigenvalue weighted by atomic mass is 19.1. The van der Waals surface area contributed by atoms with Crippen LogP contribution in [0.15, 0.2) is 23.2 Å². The molecule has 2 heterocycles. The van der Waals surface area contributed by atoms with E-state index >= 15 is 0 Å². The lowest BCUT2D eigenvalue weighted by Gasteiger charge is -2.37. The second-order valence-corrected chi connectivity index (χ2v) is 5.70. The Labute approximate surface area is 130 Å². The summed E-state index contributed by atoms with van der Waals surface area (Å²) in [5.74, 6) is 0.459. The second-order valence-electron chi connectivity index (χ2n) is 5.70. The zero-order chi connectivity index (χ0) is 15.4. The SMILES string of the molecule is OCCN1CCN(c2cccc(F)c2C2=NCCCN2)CC1. The van der Waals surface area contributed by atoms with E-state index in [-0.39, 0.29) is 12.4 Å². The Balaban J connectivity index is 1.82. The summed E-state index contributed by atoms with van der Waals surface area (Å²) in [7, 11) is 0. The molecule has 22 heavy (non-hydrogen) atoms. The second kappa shape index (κ2) is 7.07. The number of hydrogen-bond acceptors (Lipinski definition) is 5. The fourth-order valence-corrected chi connectivity index (χ4v) is 3.06. The summed E-state index contributed by atoms with van der Waals surface area (Å²) in [6, 6.07) is 5.23. The van der Waals surface area contributed by atoms with E-state index in [2.05, 4.69) is 20.1 Å². The van der Waals surface area contributed by atoms with Crippen molar-refractivity contribution in [2.45, 2.75) is 6.42 Å². The van der Waals surface area contributed by atoms with Crippen LogP contribution in [0, 0.1) is 5.82 Å². The molecular weight excluding hydrogens is 283 g/mol. The minimum absolute atomic E-state index is 0.186. The van der Waals surface area contributed by atoms with E-state index in [1.807, 2.05) is 6.07 Å². The first-order chi connectivity index (χ1) is 10.8. The van der Waals surface area contributed by atoms with Gasteiger partial charge in [0.05, 0.1) is 17.9 Å². The number of amidine groups is 1. The summed E-state index contributed by atoms with van der Waals surface area (Å²) >= 11 is 0. The summed E-state index contributed by atoms with van der Waals surface area (Å²) in [6.45, 7) is 5.93. The van der Waals surface area contributed by atoms with Gasteiger partial charge in [0, 0.05) is 45.8 Å². The fourth-order valence-electron chi connectivity index (χ4n) is 3.06. The normalized spacial score (nSPS) is 19.7. The van der Waals surface area contributed by atoms with Crippen LogP contribution in [0.1, 0.15) is 12.0 Å². The van der Waals surface area contributed by atoms with Gasteiger partial charge in [-0.1, -0.05) is 6.07 Å². The van der Waals surface area contributed by atoms with Gasteiger partial charge in [-0.25, -0.2) is 4.39 Å². The van der Waals surface area contributed by atoms with Gasteiger partial charge in [-0.2, -0.15) is 0 Å². The maximum absolute atomic E-state index is 14.4. The van der Waals surface area contributed by atoms with Crippen molar-refractivity contribution in [3.63, 3.8) is 0 Å². The zero-order valence-corrected chi connectivity index (χ0v) is 12.8. The van der Waals surface area contributed by atoms with Crippen LogP contribution in [-0.4, -0.2) is 68.3 Å². The highest BCUT2D eigenvalue weighted by molar-refractivity contribution is 6.04. The van der Waals surface area contributed by atoms with Crippen LogP contribution in [0.3, 0.4) is 0 Å². The van der Waals surface area contributed by atoms with Crippen molar-refractivity contribution in [3.05, 3.63) is 29.6 Å². The summed E-state index contributed by atoms with van der Waals surface area (Å²) in [5, 5.41) is 12.2. The number of halogens is 1. The number of benzene rings is 1. The Kier molecular flexibility index (Phi) is 4.90. The number of β-amino-alcohol motifs (C(OH)–C–C–N with tert-alkyl or cyclic N) is 1. The van der Waals surface area contributed by atoms with E-state index in [9.17, 15) is 4.39 Å². The smallest absolute Gasteiger partial charge is 0.136 e. The molecule has 0 atom stereocenters. The van der Waals surface area contributed by atoms with Gasteiger partial charge in [-0.05, 0) is 18.6 Å². The first kappa shape index (κ1) is 15.2. The predicted octanol–water partition coefficient (Wildman–Crippen LogP) is 0.680. The number of anilines is 1. The molecule has 1 aromatic rings. The standard InChI is InChI=1S/C16H23FN4O/c17-13-3-1-4-14(15(13)16-18-5-2-6-19-16)21-9-7-20(8-10-21)11-12-22/h1,3-4,22H,2,5-12H2,(H,18,19). The fraction of sp³-hybridized carbons (Fsp3) is 0.562. The quantitative estimate of drug-likeness (QED) is 0.859. The highest BCUT2D eigenvalue weighted by Gasteiger charge is 2.23. The number of nitrogens with zero attached hydrogens (tertiary/aromatic N) is 3. The Bertz CT molecular complexity index is 541. The molecule has 1 saturated heterocycles. The molecule has 5 nitrogen and oxygen atoms in total. The van der Waals surface area contributed by atoms with Crippen molar-refractivity contribution in [1.29, 1.82) is 0 Å². The van der Waals surface area contributed by atoms with Gasteiger partial charge in [-0.15, -0.1) is 0 Å². The van der Waals surface area contributed by atoms with Crippen molar-refractivity contribution in [2.75, 3.05) is 57.3 Å². The van der Waals surface area contributed by atoms with Crippen molar-refractivity contribution in [3.8, 4) is 0 Å². The molecular formula is C16H23FN4O. The lowest BCUT2D eigenvalue weighted by Crippen LogP contribution is -2.48. The minimum atomic E-state index is -0.219. The molecule has 0 radical (unpaired) electrons. The number of rotatable bonds is 4. The number of aliphatic hydroxyl groups is 1. The number of aliphatic imine (C=N–C) groups is 1. The molecule has 2 aliphatic heterocycles. The van der Waals surface area contributed by atoms with Crippen molar-refractivity contribution < 1.29 is 9.50 Å². The van der Waals surface area contributed by atoms with Gasteiger partial charge in [0.2, 0.25) is 0 Å². The lowest BCUT2D eigenvalue weighted by molar-refractivity contribution is 0.189. The first-order valence-corrected chi connectivity index (χ1v) is 7.95. The van der Waals surface area contributed by atoms with E-state index in [4.69, 9.17) is 5.11 Å². The van der Waals surface area contributed by atoms with Crippen molar-refractivity contribution in [1.82, 2.24) is 10.2 Å². The van der Waals surface area contributed by atoms with E-state index < -0.39 is 0 Å². The monoisotopic (exact) mass is 306 g/mol. The zero-order valence-electron chi connectivity index (χ0n) is 12.8. The molecule has 2 aliphatic rings. The third-order valence-corrected chi connectivity index (χ3v) is 4.25. The van der Waals surface area contributed by atoms with E-state index in [0.717, 1.165) is 51.4 Å². The molecule has 0 saturated carbocycles. The molecule has 2 N–H and O–H groups in total. The van der Waals surface area contributed by atoms with Gasteiger partial charge in [0.25, 0.3) is 0 Å². The molecule has 0 aliphatic carbocycles. The van der Waals surface area contributed by atoms with Gasteiger partial charge in [-0.3, -0.25) is 9.89 Å². The van der Waals surface area contributed by atoms with E-state index in [1.54, 1.807) is 6.07 Å². The minimum Gasteiger partial charge on any atom is -0.395 e. The van der Waals surface area contributed by atoms with Crippen molar-refractivity contribution >= 4 is 11.5 Å². The first-order valence-electron chi connectivity index (χ1n) is 7.95. The number of hydrogen-bond donors (Lipinski definition) is 2. The maximum Gasteiger partial charge on any atom is 0.136 e. The average Bonchev–Trinajstić information content (AvgIpc) is 2.56. The Morgan fingerprint density at radius 1 is 1.23 bits per heavy atom. The van der Waals surface area contributed by atoms with Gasteiger partial charge < -0.3 is 15.3 Å².